The molecule has 4 heteroatoms. The Bertz CT molecular complexity index is 1170. The van der Waals surface area contributed by atoms with Gasteiger partial charge in [0.2, 0.25) is 0 Å². The Labute approximate surface area is 189 Å². The highest BCUT2D eigenvalue weighted by molar-refractivity contribution is 5.68. The van der Waals surface area contributed by atoms with Crippen LogP contribution < -0.4 is 0 Å². The minimum absolute atomic E-state index is 0.219. The number of benzene rings is 3. The van der Waals surface area contributed by atoms with Crippen LogP contribution in [0.4, 0.5) is 4.39 Å². The van der Waals surface area contributed by atoms with Crippen LogP contribution in [-0.2, 0) is 6.54 Å². The molecule has 0 atom stereocenters. The van der Waals surface area contributed by atoms with Crippen LogP contribution in [0, 0.1) is 11.7 Å². The number of nitrogens with zero attached hydrogens (tertiary/aromatic N) is 3. The summed E-state index contributed by atoms with van der Waals surface area (Å²) in [6.07, 6.45) is 4.33. The number of hydrogen-bond acceptors (Lipinski definition) is 2. The molecule has 0 amide bonds. The molecule has 32 heavy (non-hydrogen) atoms. The molecule has 2 heterocycles. The van der Waals surface area contributed by atoms with E-state index in [2.05, 4.69) is 48.2 Å². The topological polar surface area (TPSA) is 21.1 Å². The zero-order valence-corrected chi connectivity index (χ0v) is 18.4. The molecular weight excluding hydrogens is 397 g/mol. The number of rotatable bonds is 5. The maximum Gasteiger partial charge on any atom is 0.132 e. The molecule has 3 aromatic carbocycles. The van der Waals surface area contributed by atoms with E-state index >= 15 is 0 Å². The third kappa shape index (κ3) is 4.23. The molecule has 0 aliphatic carbocycles. The minimum Gasteiger partial charge on any atom is -0.299 e. The van der Waals surface area contributed by atoms with Crippen LogP contribution in [0.2, 0.25) is 0 Å². The molecule has 3 nitrogen and oxygen atoms in total. The monoisotopic (exact) mass is 425 g/mol. The highest BCUT2D eigenvalue weighted by Crippen LogP contribution is 2.31. The molecular formula is C28H28FN3. The Morgan fingerprint density at radius 3 is 2.22 bits per heavy atom. The molecule has 0 saturated carbocycles. The molecule has 1 aliphatic heterocycles. The van der Waals surface area contributed by atoms with E-state index in [0.717, 1.165) is 48.1 Å². The maximum absolute atomic E-state index is 14.9. The first kappa shape index (κ1) is 20.7. The van der Waals surface area contributed by atoms with Gasteiger partial charge in [0.25, 0.3) is 0 Å². The van der Waals surface area contributed by atoms with Crippen molar-refractivity contribution >= 4 is 0 Å². The summed E-state index contributed by atoms with van der Waals surface area (Å²) < 4.78 is 16.8. The lowest BCUT2D eigenvalue weighted by Crippen LogP contribution is -2.32. The molecule has 1 saturated heterocycles. The van der Waals surface area contributed by atoms with Crippen LogP contribution in [0.15, 0.2) is 85.1 Å². The van der Waals surface area contributed by atoms with Gasteiger partial charge in [0.1, 0.15) is 5.82 Å². The Hall–Kier alpha value is -3.24. The fraction of sp³-hybridized carbons (Fsp3) is 0.250. The van der Waals surface area contributed by atoms with Gasteiger partial charge in [0, 0.05) is 17.7 Å². The minimum atomic E-state index is -0.219. The van der Waals surface area contributed by atoms with E-state index in [1.807, 2.05) is 41.2 Å². The summed E-state index contributed by atoms with van der Waals surface area (Å²) in [5, 5.41) is 4.71. The van der Waals surface area contributed by atoms with Gasteiger partial charge in [-0.2, -0.15) is 5.10 Å². The fourth-order valence-corrected chi connectivity index (χ4v) is 4.52. The predicted octanol–water partition coefficient (Wildman–Crippen LogP) is 6.58. The third-order valence-electron chi connectivity index (χ3n) is 6.46. The predicted molar refractivity (Wildman–Crippen MR) is 128 cm³/mol. The molecule has 5 rings (SSSR count). The third-order valence-corrected chi connectivity index (χ3v) is 6.46. The van der Waals surface area contributed by atoms with Crippen LogP contribution in [0.25, 0.3) is 28.1 Å². The number of aromatic nitrogens is 2. The summed E-state index contributed by atoms with van der Waals surface area (Å²) in [6.45, 7) is 5.27. The van der Waals surface area contributed by atoms with E-state index < -0.39 is 0 Å². The van der Waals surface area contributed by atoms with Crippen LogP contribution in [0.5, 0.6) is 0 Å². The van der Waals surface area contributed by atoms with Crippen LogP contribution in [0.1, 0.15) is 25.3 Å². The molecule has 0 unspecified atom stereocenters. The summed E-state index contributed by atoms with van der Waals surface area (Å²) in [7, 11) is 0. The van der Waals surface area contributed by atoms with Gasteiger partial charge in [-0.15, -0.1) is 0 Å². The van der Waals surface area contributed by atoms with Crippen molar-refractivity contribution in [3.8, 4) is 28.1 Å². The van der Waals surface area contributed by atoms with E-state index in [-0.39, 0.29) is 5.82 Å². The van der Waals surface area contributed by atoms with Crippen LogP contribution in [-0.4, -0.2) is 27.8 Å². The van der Waals surface area contributed by atoms with Crippen molar-refractivity contribution in [2.45, 2.75) is 26.3 Å². The fourth-order valence-electron chi connectivity index (χ4n) is 4.52. The Morgan fingerprint density at radius 1 is 0.844 bits per heavy atom. The second kappa shape index (κ2) is 9.09. The molecule has 0 N–H and O–H groups in total. The highest BCUT2D eigenvalue weighted by Gasteiger charge is 2.22. The first-order chi connectivity index (χ1) is 15.7. The smallest absolute Gasteiger partial charge is 0.132 e. The van der Waals surface area contributed by atoms with Gasteiger partial charge in [0.15, 0.2) is 0 Å². The first-order valence-corrected chi connectivity index (χ1v) is 11.4. The summed E-state index contributed by atoms with van der Waals surface area (Å²) in [5.41, 5.74) is 5.76. The van der Waals surface area contributed by atoms with Crippen LogP contribution >= 0.6 is 0 Å². The standard InChI is InChI=1S/C28H28FN3/c1-21-15-17-31(18-16-21)20-24-19-30-32(28(24)26-9-5-6-10-27(26)29)25-13-11-23(12-14-25)22-7-3-2-4-8-22/h2-14,19,21H,15-18,20H2,1H3. The normalized spacial score (nSPS) is 15.2. The summed E-state index contributed by atoms with van der Waals surface area (Å²) in [6, 6.07) is 25.6. The molecule has 0 radical (unpaired) electrons. The highest BCUT2D eigenvalue weighted by atomic mass is 19.1. The molecule has 1 aliphatic rings. The number of hydrogen-bond donors (Lipinski definition) is 0. The quantitative estimate of drug-likeness (QED) is 0.360. The van der Waals surface area contributed by atoms with Gasteiger partial charge in [-0.25, -0.2) is 9.07 Å². The maximum atomic E-state index is 14.9. The summed E-state index contributed by atoms with van der Waals surface area (Å²) in [4.78, 5) is 2.46. The van der Waals surface area contributed by atoms with Crippen molar-refractivity contribution in [3.63, 3.8) is 0 Å². The molecule has 162 valence electrons. The summed E-state index contributed by atoms with van der Waals surface area (Å²) in [5.74, 6) is 0.562. The second-order valence-electron chi connectivity index (χ2n) is 8.78. The number of likely N-dealkylation sites (tertiary alicyclic amines) is 1. The Balaban J connectivity index is 1.52. The average Bonchev–Trinajstić information content (AvgIpc) is 3.25. The lowest BCUT2D eigenvalue weighted by Gasteiger charge is -2.30. The lowest BCUT2D eigenvalue weighted by atomic mass is 9.98. The molecule has 1 fully saturated rings. The zero-order valence-electron chi connectivity index (χ0n) is 18.4. The van der Waals surface area contributed by atoms with Crippen molar-refractivity contribution in [2.24, 2.45) is 5.92 Å². The Morgan fingerprint density at radius 2 is 1.50 bits per heavy atom. The van der Waals surface area contributed by atoms with Crippen molar-refractivity contribution in [2.75, 3.05) is 13.1 Å². The van der Waals surface area contributed by atoms with Gasteiger partial charge in [-0.3, -0.25) is 4.90 Å². The van der Waals surface area contributed by atoms with E-state index in [9.17, 15) is 4.39 Å². The van der Waals surface area contributed by atoms with Crippen molar-refractivity contribution in [1.29, 1.82) is 0 Å². The van der Waals surface area contributed by atoms with E-state index in [1.54, 1.807) is 6.07 Å². The number of halogens is 1. The van der Waals surface area contributed by atoms with Gasteiger partial charge >= 0.3 is 0 Å². The van der Waals surface area contributed by atoms with Crippen molar-refractivity contribution < 1.29 is 4.39 Å². The zero-order chi connectivity index (χ0) is 21.9. The Kier molecular flexibility index (Phi) is 5.87. The molecule has 0 bridgehead atoms. The van der Waals surface area contributed by atoms with E-state index in [4.69, 9.17) is 5.10 Å². The van der Waals surface area contributed by atoms with Crippen molar-refractivity contribution in [1.82, 2.24) is 14.7 Å². The van der Waals surface area contributed by atoms with E-state index in [1.165, 1.54) is 24.5 Å². The SMILES string of the molecule is CC1CCN(Cc2cnn(-c3ccc(-c4ccccc4)cc3)c2-c2ccccc2F)CC1. The van der Waals surface area contributed by atoms with Gasteiger partial charge in [-0.05, 0) is 67.2 Å². The average molecular weight is 426 g/mol. The lowest BCUT2D eigenvalue weighted by molar-refractivity contribution is 0.185. The number of piperidine rings is 1. The first-order valence-electron chi connectivity index (χ1n) is 11.4. The van der Waals surface area contributed by atoms with Crippen LogP contribution in [0.3, 0.4) is 0 Å². The molecule has 0 spiro atoms. The largest absolute Gasteiger partial charge is 0.299 e. The van der Waals surface area contributed by atoms with Crippen molar-refractivity contribution in [3.05, 3.63) is 96.4 Å². The van der Waals surface area contributed by atoms with E-state index in [0.29, 0.717) is 5.56 Å². The van der Waals surface area contributed by atoms with Gasteiger partial charge < -0.3 is 0 Å². The van der Waals surface area contributed by atoms with Gasteiger partial charge in [0.05, 0.1) is 17.6 Å². The summed E-state index contributed by atoms with van der Waals surface area (Å²) >= 11 is 0. The second-order valence-corrected chi connectivity index (χ2v) is 8.78. The van der Waals surface area contributed by atoms with Gasteiger partial charge in [-0.1, -0.05) is 61.5 Å². The molecule has 1 aromatic heterocycles. The molecule has 4 aromatic rings.